The Balaban J connectivity index is 0.00000363. The molecular formula is C24H33IN4O2S. The lowest BCUT2D eigenvalue weighted by Crippen LogP contribution is -2.44. The van der Waals surface area contributed by atoms with Crippen LogP contribution in [0.15, 0.2) is 65.2 Å². The summed E-state index contributed by atoms with van der Waals surface area (Å²) in [5.41, 5.74) is 4.56. The maximum atomic E-state index is 11.7. The molecule has 0 aliphatic carbocycles. The van der Waals surface area contributed by atoms with Crippen LogP contribution in [0.3, 0.4) is 0 Å². The van der Waals surface area contributed by atoms with Crippen molar-refractivity contribution in [3.63, 3.8) is 0 Å². The van der Waals surface area contributed by atoms with Gasteiger partial charge in [-0.3, -0.25) is 0 Å². The van der Waals surface area contributed by atoms with Gasteiger partial charge in [-0.2, -0.15) is 0 Å². The van der Waals surface area contributed by atoms with Crippen molar-refractivity contribution in [3.8, 4) is 0 Å². The second kappa shape index (κ2) is 13.0. The molecule has 2 N–H and O–H groups in total. The van der Waals surface area contributed by atoms with Crippen LogP contribution in [-0.4, -0.2) is 46.0 Å². The molecule has 0 aromatic heterocycles. The highest BCUT2D eigenvalue weighted by Gasteiger charge is 2.17. The van der Waals surface area contributed by atoms with E-state index in [1.54, 1.807) is 0 Å². The van der Waals surface area contributed by atoms with Crippen LogP contribution in [0.4, 0.5) is 0 Å². The van der Waals surface area contributed by atoms with Gasteiger partial charge in [-0.1, -0.05) is 66.2 Å². The molecule has 2 aromatic carbocycles. The van der Waals surface area contributed by atoms with Gasteiger partial charge in [0.2, 0.25) is 10.0 Å². The van der Waals surface area contributed by atoms with E-state index in [1.807, 2.05) is 30.3 Å². The number of hydrogen-bond acceptors (Lipinski definition) is 3. The standard InChI is InChI=1S/C24H32N4O2S.HI/c1-3-26-24(27-18-22-9-11-23(12-10-22)19-31(29,30)25-2)28-15-13-21(14-16-28)17-20-7-5-4-6-8-20;/h4-12,17,25H,3,13-16,18-19H2,1-2H3,(H,26,27);1H. The Bertz CT molecular complexity index is 996. The second-order valence-electron chi connectivity index (χ2n) is 7.65. The Morgan fingerprint density at radius 2 is 1.66 bits per heavy atom. The summed E-state index contributed by atoms with van der Waals surface area (Å²) in [4.78, 5) is 7.14. The van der Waals surface area contributed by atoms with Crippen LogP contribution in [0.1, 0.15) is 36.5 Å². The number of rotatable bonds is 7. The van der Waals surface area contributed by atoms with Crippen molar-refractivity contribution in [1.29, 1.82) is 0 Å². The largest absolute Gasteiger partial charge is 0.357 e. The van der Waals surface area contributed by atoms with Crippen LogP contribution in [0, 0.1) is 0 Å². The number of sulfonamides is 1. The summed E-state index contributed by atoms with van der Waals surface area (Å²) in [6, 6.07) is 18.1. The predicted octanol–water partition coefficient (Wildman–Crippen LogP) is 4.00. The Labute approximate surface area is 209 Å². The van der Waals surface area contributed by atoms with Crippen LogP contribution in [0.25, 0.3) is 6.08 Å². The number of halogens is 1. The summed E-state index contributed by atoms with van der Waals surface area (Å²) in [6.45, 7) is 5.36. The van der Waals surface area contributed by atoms with E-state index < -0.39 is 10.0 Å². The summed E-state index contributed by atoms with van der Waals surface area (Å²) in [6.07, 6.45) is 4.37. The lowest BCUT2D eigenvalue weighted by molar-refractivity contribution is 0.375. The van der Waals surface area contributed by atoms with Gasteiger partial charge in [0.1, 0.15) is 0 Å². The van der Waals surface area contributed by atoms with Crippen LogP contribution in [0.2, 0.25) is 0 Å². The summed E-state index contributed by atoms with van der Waals surface area (Å²) in [7, 11) is -1.82. The molecule has 0 atom stereocenters. The van der Waals surface area contributed by atoms with Gasteiger partial charge < -0.3 is 10.2 Å². The molecule has 0 amide bonds. The van der Waals surface area contributed by atoms with Gasteiger partial charge in [0.25, 0.3) is 0 Å². The molecule has 1 saturated heterocycles. The average molecular weight is 569 g/mol. The van der Waals surface area contributed by atoms with Crippen molar-refractivity contribution in [3.05, 3.63) is 76.9 Å². The minimum absolute atomic E-state index is 0. The Morgan fingerprint density at radius 1 is 1.03 bits per heavy atom. The minimum atomic E-state index is -3.26. The zero-order valence-electron chi connectivity index (χ0n) is 18.8. The van der Waals surface area contributed by atoms with Crippen molar-refractivity contribution in [1.82, 2.24) is 14.9 Å². The summed E-state index contributed by atoms with van der Waals surface area (Å²) in [5, 5.41) is 3.41. The first-order valence-corrected chi connectivity index (χ1v) is 12.4. The third kappa shape index (κ3) is 8.22. The van der Waals surface area contributed by atoms with E-state index in [1.165, 1.54) is 18.2 Å². The number of nitrogens with one attached hydrogen (secondary N) is 2. The lowest BCUT2D eigenvalue weighted by Gasteiger charge is -2.31. The van der Waals surface area contributed by atoms with Gasteiger partial charge in [-0.25, -0.2) is 18.1 Å². The first-order chi connectivity index (χ1) is 15.0. The van der Waals surface area contributed by atoms with E-state index in [0.29, 0.717) is 6.54 Å². The number of piperidine rings is 1. The number of likely N-dealkylation sites (tertiary alicyclic amines) is 1. The van der Waals surface area contributed by atoms with Gasteiger partial charge in [0, 0.05) is 19.6 Å². The zero-order chi connectivity index (χ0) is 22.1. The van der Waals surface area contributed by atoms with Gasteiger partial charge in [-0.05, 0) is 43.5 Å². The Morgan fingerprint density at radius 3 is 2.25 bits per heavy atom. The molecule has 1 aliphatic heterocycles. The molecule has 0 radical (unpaired) electrons. The minimum Gasteiger partial charge on any atom is -0.357 e. The highest BCUT2D eigenvalue weighted by molar-refractivity contribution is 14.0. The van der Waals surface area contributed by atoms with Gasteiger partial charge in [0.15, 0.2) is 5.96 Å². The second-order valence-corrected chi connectivity index (χ2v) is 9.58. The van der Waals surface area contributed by atoms with Crippen LogP contribution < -0.4 is 10.0 Å². The SMILES string of the molecule is CCNC(=NCc1ccc(CS(=O)(=O)NC)cc1)N1CCC(=Cc2ccccc2)CC1.I. The fourth-order valence-electron chi connectivity index (χ4n) is 3.56. The number of benzene rings is 2. The van der Waals surface area contributed by atoms with Crippen LogP contribution in [0.5, 0.6) is 0 Å². The lowest BCUT2D eigenvalue weighted by atomic mass is 10.0. The molecule has 2 aromatic rings. The fourth-order valence-corrected chi connectivity index (χ4v) is 4.34. The van der Waals surface area contributed by atoms with E-state index in [0.717, 1.165) is 49.6 Å². The quantitative estimate of drug-likeness (QED) is 0.301. The molecule has 0 spiro atoms. The van der Waals surface area contributed by atoms with E-state index in [9.17, 15) is 8.42 Å². The monoisotopic (exact) mass is 568 g/mol. The summed E-state index contributed by atoms with van der Waals surface area (Å²) < 4.78 is 25.7. The first-order valence-electron chi connectivity index (χ1n) is 10.8. The number of hydrogen-bond donors (Lipinski definition) is 2. The topological polar surface area (TPSA) is 73.8 Å². The molecule has 1 heterocycles. The maximum Gasteiger partial charge on any atom is 0.215 e. The van der Waals surface area contributed by atoms with Crippen molar-refractivity contribution >= 4 is 46.0 Å². The van der Waals surface area contributed by atoms with E-state index in [-0.39, 0.29) is 29.7 Å². The van der Waals surface area contributed by atoms with Crippen molar-refractivity contribution in [2.24, 2.45) is 4.99 Å². The number of guanidine groups is 1. The van der Waals surface area contributed by atoms with Gasteiger partial charge >= 0.3 is 0 Å². The van der Waals surface area contributed by atoms with Crippen LogP contribution >= 0.6 is 24.0 Å². The molecule has 6 nitrogen and oxygen atoms in total. The average Bonchev–Trinajstić information content (AvgIpc) is 2.79. The van der Waals surface area contributed by atoms with Gasteiger partial charge in [0.05, 0.1) is 12.3 Å². The smallest absolute Gasteiger partial charge is 0.215 e. The molecule has 3 rings (SSSR count). The zero-order valence-corrected chi connectivity index (χ0v) is 21.9. The molecule has 0 bridgehead atoms. The summed E-state index contributed by atoms with van der Waals surface area (Å²) >= 11 is 0. The predicted molar refractivity (Wildman–Crippen MR) is 144 cm³/mol. The molecule has 1 fully saturated rings. The van der Waals surface area contributed by atoms with Crippen LogP contribution in [-0.2, 0) is 22.3 Å². The molecule has 8 heteroatoms. The third-order valence-electron chi connectivity index (χ3n) is 5.31. The van der Waals surface area contributed by atoms with E-state index in [2.05, 4.69) is 52.2 Å². The molecule has 32 heavy (non-hydrogen) atoms. The molecule has 0 unspecified atom stereocenters. The number of nitrogens with zero attached hydrogens (tertiary/aromatic N) is 2. The number of aliphatic imine (C=N–C) groups is 1. The summed E-state index contributed by atoms with van der Waals surface area (Å²) in [5.74, 6) is 0.922. The van der Waals surface area contributed by atoms with E-state index in [4.69, 9.17) is 4.99 Å². The fraction of sp³-hybridized carbons (Fsp3) is 0.375. The first kappa shape index (κ1) is 26.3. The normalized spacial score (nSPS) is 14.6. The molecule has 0 saturated carbocycles. The maximum absolute atomic E-state index is 11.7. The molecule has 1 aliphatic rings. The highest BCUT2D eigenvalue weighted by Crippen LogP contribution is 2.19. The molecular weight excluding hydrogens is 535 g/mol. The van der Waals surface area contributed by atoms with E-state index >= 15 is 0 Å². The Kier molecular flexibility index (Phi) is 10.7. The van der Waals surface area contributed by atoms with Crippen molar-refractivity contribution < 1.29 is 8.42 Å². The Hall–Kier alpha value is -1.91. The highest BCUT2D eigenvalue weighted by atomic mass is 127. The molecule has 174 valence electrons. The van der Waals surface area contributed by atoms with Crippen molar-refractivity contribution in [2.45, 2.75) is 32.1 Å². The van der Waals surface area contributed by atoms with Crippen molar-refractivity contribution in [2.75, 3.05) is 26.7 Å². The van der Waals surface area contributed by atoms with Gasteiger partial charge in [-0.15, -0.1) is 24.0 Å². The third-order valence-corrected chi connectivity index (χ3v) is 6.65.